The number of hydrogen-bond donors (Lipinski definition) is 2. The Morgan fingerprint density at radius 1 is 1.27 bits per heavy atom. The molecule has 2 unspecified atom stereocenters. The third kappa shape index (κ3) is 2.50. The molecule has 1 rings (SSSR count). The van der Waals surface area contributed by atoms with Crippen molar-refractivity contribution in [1.82, 2.24) is 5.32 Å². The van der Waals surface area contributed by atoms with Crippen LogP contribution in [0.1, 0.15) is 32.1 Å². The van der Waals surface area contributed by atoms with E-state index in [1.165, 1.54) is 6.42 Å². The average molecular weight is 157 g/mol. The number of carbonyl (C=O) groups excluding carboxylic acids is 1. The lowest BCUT2D eigenvalue weighted by molar-refractivity contribution is -0.111. The minimum atomic E-state index is -0.331. The molecule has 3 nitrogen and oxygen atoms in total. The van der Waals surface area contributed by atoms with Gasteiger partial charge in [0.05, 0.1) is 12.1 Å². The van der Waals surface area contributed by atoms with Crippen molar-refractivity contribution in [3.8, 4) is 0 Å². The Bertz CT molecular complexity index is 127. The minimum Gasteiger partial charge on any atom is -0.391 e. The van der Waals surface area contributed by atoms with E-state index in [1.807, 2.05) is 0 Å². The Morgan fingerprint density at radius 3 is 2.73 bits per heavy atom. The predicted octanol–water partition coefficient (Wildman–Crippen LogP) is 0.426. The Morgan fingerprint density at radius 2 is 2.00 bits per heavy atom. The van der Waals surface area contributed by atoms with Crippen LogP contribution in [0.25, 0.3) is 0 Å². The highest BCUT2D eigenvalue weighted by Gasteiger charge is 2.20. The topological polar surface area (TPSA) is 49.3 Å². The van der Waals surface area contributed by atoms with Crippen molar-refractivity contribution in [3.63, 3.8) is 0 Å². The van der Waals surface area contributed by atoms with Gasteiger partial charge < -0.3 is 10.4 Å². The van der Waals surface area contributed by atoms with Gasteiger partial charge in [0.2, 0.25) is 6.41 Å². The molecule has 3 heteroatoms. The molecule has 0 saturated heterocycles. The Balaban J connectivity index is 2.38. The summed E-state index contributed by atoms with van der Waals surface area (Å²) in [6, 6.07) is -0.00463. The van der Waals surface area contributed by atoms with E-state index in [0.717, 1.165) is 25.7 Å². The van der Waals surface area contributed by atoms with Crippen LogP contribution in [-0.2, 0) is 4.79 Å². The van der Waals surface area contributed by atoms with Crippen molar-refractivity contribution in [2.24, 2.45) is 0 Å². The van der Waals surface area contributed by atoms with Crippen molar-refractivity contribution in [3.05, 3.63) is 0 Å². The smallest absolute Gasteiger partial charge is 0.207 e. The first-order valence-corrected chi connectivity index (χ1v) is 4.22. The van der Waals surface area contributed by atoms with Crippen molar-refractivity contribution in [2.75, 3.05) is 0 Å². The highest BCUT2D eigenvalue weighted by Crippen LogP contribution is 2.17. The van der Waals surface area contributed by atoms with E-state index < -0.39 is 0 Å². The molecule has 1 amide bonds. The minimum absolute atomic E-state index is 0.00463. The quantitative estimate of drug-likeness (QED) is 0.451. The van der Waals surface area contributed by atoms with E-state index >= 15 is 0 Å². The summed E-state index contributed by atoms with van der Waals surface area (Å²) in [4.78, 5) is 10.1. The van der Waals surface area contributed by atoms with Gasteiger partial charge in [-0.1, -0.05) is 19.3 Å². The van der Waals surface area contributed by atoms with E-state index in [-0.39, 0.29) is 12.1 Å². The molecule has 0 radical (unpaired) electrons. The van der Waals surface area contributed by atoms with Crippen LogP contribution in [0.3, 0.4) is 0 Å². The lowest BCUT2D eigenvalue weighted by Gasteiger charge is -2.18. The van der Waals surface area contributed by atoms with Gasteiger partial charge in [-0.3, -0.25) is 4.79 Å². The zero-order valence-electron chi connectivity index (χ0n) is 6.62. The molecule has 2 N–H and O–H groups in total. The molecule has 0 bridgehead atoms. The molecule has 0 aliphatic heterocycles. The van der Waals surface area contributed by atoms with Gasteiger partial charge in [-0.25, -0.2) is 0 Å². The molecule has 0 aromatic rings. The molecule has 0 aromatic heterocycles. The first-order chi connectivity index (χ1) is 5.34. The standard InChI is InChI=1S/C8H15NO2/c10-6-9-7-4-2-1-3-5-8(7)11/h6-8,11H,1-5H2,(H,9,10). The van der Waals surface area contributed by atoms with Crippen LogP contribution in [0.2, 0.25) is 0 Å². The average Bonchev–Trinajstić information content (AvgIpc) is 2.18. The highest BCUT2D eigenvalue weighted by molar-refractivity contribution is 5.46. The predicted molar refractivity (Wildman–Crippen MR) is 42.1 cm³/mol. The summed E-state index contributed by atoms with van der Waals surface area (Å²) in [6.07, 6.45) is 5.46. The number of rotatable bonds is 2. The normalized spacial score (nSPS) is 32.5. The Kier molecular flexibility index (Phi) is 3.36. The molecule has 2 atom stereocenters. The molecule has 1 aliphatic carbocycles. The third-order valence-electron chi connectivity index (χ3n) is 2.26. The van der Waals surface area contributed by atoms with E-state index in [4.69, 9.17) is 0 Å². The van der Waals surface area contributed by atoms with E-state index in [1.54, 1.807) is 0 Å². The maximum absolute atomic E-state index is 10.1. The number of aliphatic hydroxyl groups excluding tert-OH is 1. The summed E-state index contributed by atoms with van der Waals surface area (Å²) in [7, 11) is 0. The second-order valence-corrected chi connectivity index (χ2v) is 3.10. The third-order valence-corrected chi connectivity index (χ3v) is 2.26. The lowest BCUT2D eigenvalue weighted by atomic mass is 10.1. The maximum atomic E-state index is 10.1. The van der Waals surface area contributed by atoms with E-state index in [0.29, 0.717) is 6.41 Å². The summed E-state index contributed by atoms with van der Waals surface area (Å²) in [5, 5.41) is 12.1. The molecule has 64 valence electrons. The SMILES string of the molecule is O=CNC1CCCCCC1O. The van der Waals surface area contributed by atoms with Crippen LogP contribution < -0.4 is 5.32 Å². The monoisotopic (exact) mass is 157 g/mol. The molecule has 0 spiro atoms. The van der Waals surface area contributed by atoms with E-state index in [2.05, 4.69) is 5.32 Å². The summed E-state index contributed by atoms with van der Waals surface area (Å²) in [6.45, 7) is 0. The maximum Gasteiger partial charge on any atom is 0.207 e. The molecular formula is C8H15NO2. The fourth-order valence-corrected chi connectivity index (χ4v) is 1.57. The first-order valence-electron chi connectivity index (χ1n) is 4.22. The first kappa shape index (κ1) is 8.53. The van der Waals surface area contributed by atoms with Crippen LogP contribution in [0.15, 0.2) is 0 Å². The van der Waals surface area contributed by atoms with Crippen LogP contribution in [0.5, 0.6) is 0 Å². The van der Waals surface area contributed by atoms with Crippen LogP contribution in [-0.4, -0.2) is 23.7 Å². The van der Waals surface area contributed by atoms with E-state index in [9.17, 15) is 9.90 Å². The zero-order valence-corrected chi connectivity index (χ0v) is 6.62. The second kappa shape index (κ2) is 4.34. The van der Waals surface area contributed by atoms with Gasteiger partial charge in [-0.15, -0.1) is 0 Å². The molecule has 1 saturated carbocycles. The van der Waals surface area contributed by atoms with Gasteiger partial charge in [0.1, 0.15) is 0 Å². The summed E-state index contributed by atoms with van der Waals surface area (Å²) in [5.74, 6) is 0. The highest BCUT2D eigenvalue weighted by atomic mass is 16.3. The fourth-order valence-electron chi connectivity index (χ4n) is 1.57. The van der Waals surface area contributed by atoms with Gasteiger partial charge in [-0.05, 0) is 12.8 Å². The number of aliphatic hydroxyl groups is 1. The largest absolute Gasteiger partial charge is 0.391 e. The number of nitrogens with one attached hydrogen (secondary N) is 1. The van der Waals surface area contributed by atoms with Crippen molar-refractivity contribution in [2.45, 2.75) is 44.2 Å². The van der Waals surface area contributed by atoms with Crippen molar-refractivity contribution in [1.29, 1.82) is 0 Å². The molecule has 1 aliphatic rings. The van der Waals surface area contributed by atoms with Crippen LogP contribution >= 0.6 is 0 Å². The number of amides is 1. The fraction of sp³-hybridized carbons (Fsp3) is 0.875. The molecule has 0 aromatic carbocycles. The Labute approximate surface area is 66.8 Å². The summed E-state index contributed by atoms with van der Waals surface area (Å²) >= 11 is 0. The zero-order chi connectivity index (χ0) is 8.10. The molecule has 1 fully saturated rings. The van der Waals surface area contributed by atoms with Gasteiger partial charge in [0.25, 0.3) is 0 Å². The summed E-state index contributed by atoms with van der Waals surface area (Å²) < 4.78 is 0. The molecule has 11 heavy (non-hydrogen) atoms. The molecule has 0 heterocycles. The van der Waals surface area contributed by atoms with Crippen molar-refractivity contribution >= 4 is 6.41 Å². The van der Waals surface area contributed by atoms with Gasteiger partial charge in [0, 0.05) is 0 Å². The van der Waals surface area contributed by atoms with Gasteiger partial charge in [-0.2, -0.15) is 0 Å². The lowest BCUT2D eigenvalue weighted by Crippen LogP contribution is -2.38. The summed E-state index contributed by atoms with van der Waals surface area (Å²) in [5.41, 5.74) is 0. The number of hydrogen-bond acceptors (Lipinski definition) is 2. The van der Waals surface area contributed by atoms with Gasteiger partial charge in [0.15, 0.2) is 0 Å². The molecular weight excluding hydrogens is 142 g/mol. The van der Waals surface area contributed by atoms with Crippen LogP contribution in [0.4, 0.5) is 0 Å². The second-order valence-electron chi connectivity index (χ2n) is 3.10. The van der Waals surface area contributed by atoms with Crippen LogP contribution in [0, 0.1) is 0 Å². The number of carbonyl (C=O) groups is 1. The van der Waals surface area contributed by atoms with Gasteiger partial charge >= 0.3 is 0 Å². The Hall–Kier alpha value is -0.570. The van der Waals surface area contributed by atoms with Crippen molar-refractivity contribution < 1.29 is 9.90 Å².